The quantitative estimate of drug-likeness (QED) is 0.767. The van der Waals surface area contributed by atoms with Crippen molar-refractivity contribution >= 4 is 0 Å². The summed E-state index contributed by atoms with van der Waals surface area (Å²) in [6.07, 6.45) is 3.99. The van der Waals surface area contributed by atoms with Crippen LogP contribution in [0.5, 0.6) is 0 Å². The van der Waals surface area contributed by atoms with Crippen molar-refractivity contribution in [2.24, 2.45) is 11.8 Å². The predicted octanol–water partition coefficient (Wildman–Crippen LogP) is 3.13. The largest absolute Gasteiger partial charge is 0.311 e. The molecule has 1 saturated heterocycles. The van der Waals surface area contributed by atoms with Crippen molar-refractivity contribution in [2.75, 3.05) is 19.6 Å². The third-order valence-corrected chi connectivity index (χ3v) is 4.51. The van der Waals surface area contributed by atoms with Crippen LogP contribution in [-0.2, 0) is 0 Å². The standard InChI is InChI=1S/C15H32N2/c1-6-15(12(3)4)16-13(5)14-8-10-17(7-2)11-9-14/h12-16H,6-11H2,1-5H3. The first-order chi connectivity index (χ1) is 8.08. The summed E-state index contributed by atoms with van der Waals surface area (Å²) in [5.41, 5.74) is 0. The Labute approximate surface area is 108 Å². The average Bonchev–Trinajstić information content (AvgIpc) is 2.35. The molecule has 2 unspecified atom stereocenters. The van der Waals surface area contributed by atoms with Crippen LogP contribution in [0.3, 0.4) is 0 Å². The minimum absolute atomic E-state index is 0.682. The monoisotopic (exact) mass is 240 g/mol. The van der Waals surface area contributed by atoms with E-state index in [1.165, 1.54) is 38.9 Å². The number of hydrogen-bond acceptors (Lipinski definition) is 2. The molecule has 0 aromatic rings. The van der Waals surface area contributed by atoms with E-state index >= 15 is 0 Å². The Morgan fingerprint density at radius 1 is 1.12 bits per heavy atom. The minimum Gasteiger partial charge on any atom is -0.311 e. The molecule has 2 nitrogen and oxygen atoms in total. The van der Waals surface area contributed by atoms with Crippen LogP contribution in [0, 0.1) is 11.8 Å². The second-order valence-corrected chi connectivity index (χ2v) is 5.99. The van der Waals surface area contributed by atoms with Crippen molar-refractivity contribution in [1.82, 2.24) is 10.2 Å². The molecule has 1 heterocycles. The van der Waals surface area contributed by atoms with Gasteiger partial charge in [-0.15, -0.1) is 0 Å². The maximum absolute atomic E-state index is 3.85. The van der Waals surface area contributed by atoms with Crippen LogP contribution in [0.4, 0.5) is 0 Å². The number of rotatable bonds is 6. The van der Waals surface area contributed by atoms with Crippen LogP contribution in [0.1, 0.15) is 53.9 Å². The van der Waals surface area contributed by atoms with Gasteiger partial charge >= 0.3 is 0 Å². The fourth-order valence-electron chi connectivity index (χ4n) is 3.02. The molecule has 1 aliphatic heterocycles. The Kier molecular flexibility index (Phi) is 6.50. The van der Waals surface area contributed by atoms with Gasteiger partial charge in [0.25, 0.3) is 0 Å². The summed E-state index contributed by atoms with van der Waals surface area (Å²) >= 11 is 0. The highest BCUT2D eigenvalue weighted by molar-refractivity contribution is 4.82. The van der Waals surface area contributed by atoms with Crippen molar-refractivity contribution in [2.45, 2.75) is 66.0 Å². The molecule has 0 amide bonds. The third-order valence-electron chi connectivity index (χ3n) is 4.51. The second-order valence-electron chi connectivity index (χ2n) is 5.99. The lowest BCUT2D eigenvalue weighted by molar-refractivity contribution is 0.159. The van der Waals surface area contributed by atoms with E-state index in [2.05, 4.69) is 44.8 Å². The van der Waals surface area contributed by atoms with E-state index in [0.717, 1.165) is 11.8 Å². The van der Waals surface area contributed by atoms with E-state index in [9.17, 15) is 0 Å². The Hall–Kier alpha value is -0.0800. The topological polar surface area (TPSA) is 15.3 Å². The molecular weight excluding hydrogens is 208 g/mol. The Balaban J connectivity index is 2.35. The van der Waals surface area contributed by atoms with Crippen molar-refractivity contribution in [1.29, 1.82) is 0 Å². The van der Waals surface area contributed by atoms with Gasteiger partial charge in [0.05, 0.1) is 0 Å². The zero-order chi connectivity index (χ0) is 12.8. The molecule has 0 aromatic heterocycles. The van der Waals surface area contributed by atoms with Gasteiger partial charge in [-0.3, -0.25) is 0 Å². The molecule has 0 saturated carbocycles. The van der Waals surface area contributed by atoms with Crippen LogP contribution >= 0.6 is 0 Å². The van der Waals surface area contributed by atoms with Crippen molar-refractivity contribution in [3.8, 4) is 0 Å². The molecular formula is C15H32N2. The number of likely N-dealkylation sites (tertiary alicyclic amines) is 1. The molecule has 2 heteroatoms. The van der Waals surface area contributed by atoms with Crippen LogP contribution in [0.25, 0.3) is 0 Å². The van der Waals surface area contributed by atoms with Gasteiger partial charge in [-0.1, -0.05) is 27.7 Å². The molecule has 102 valence electrons. The first-order valence-corrected chi connectivity index (χ1v) is 7.56. The van der Waals surface area contributed by atoms with Gasteiger partial charge in [0, 0.05) is 12.1 Å². The maximum Gasteiger partial charge on any atom is 0.00900 e. The van der Waals surface area contributed by atoms with Crippen LogP contribution in [0.2, 0.25) is 0 Å². The smallest absolute Gasteiger partial charge is 0.00900 e. The van der Waals surface area contributed by atoms with Crippen LogP contribution in [-0.4, -0.2) is 36.6 Å². The van der Waals surface area contributed by atoms with E-state index in [1.54, 1.807) is 0 Å². The fraction of sp³-hybridized carbons (Fsp3) is 1.00. The summed E-state index contributed by atoms with van der Waals surface area (Å²) in [6, 6.07) is 1.37. The zero-order valence-corrected chi connectivity index (χ0v) is 12.5. The average molecular weight is 240 g/mol. The fourth-order valence-corrected chi connectivity index (χ4v) is 3.02. The van der Waals surface area contributed by atoms with Gasteiger partial charge in [0.15, 0.2) is 0 Å². The lowest BCUT2D eigenvalue weighted by Crippen LogP contribution is -2.46. The second kappa shape index (κ2) is 7.38. The number of hydrogen-bond donors (Lipinski definition) is 1. The normalized spacial score (nSPS) is 22.9. The number of nitrogens with zero attached hydrogens (tertiary/aromatic N) is 1. The maximum atomic E-state index is 3.85. The predicted molar refractivity (Wildman–Crippen MR) is 76.4 cm³/mol. The van der Waals surface area contributed by atoms with Gasteiger partial charge in [-0.05, 0) is 57.7 Å². The van der Waals surface area contributed by atoms with Crippen LogP contribution in [0.15, 0.2) is 0 Å². The van der Waals surface area contributed by atoms with E-state index in [0.29, 0.717) is 12.1 Å². The molecule has 1 aliphatic rings. The Morgan fingerprint density at radius 3 is 2.12 bits per heavy atom. The van der Waals surface area contributed by atoms with E-state index in [4.69, 9.17) is 0 Å². The lowest BCUT2D eigenvalue weighted by atomic mass is 9.89. The zero-order valence-electron chi connectivity index (χ0n) is 12.5. The molecule has 0 radical (unpaired) electrons. The van der Waals surface area contributed by atoms with E-state index < -0.39 is 0 Å². The van der Waals surface area contributed by atoms with Gasteiger partial charge in [0.1, 0.15) is 0 Å². The van der Waals surface area contributed by atoms with Crippen molar-refractivity contribution < 1.29 is 0 Å². The molecule has 1 fully saturated rings. The van der Waals surface area contributed by atoms with Crippen LogP contribution < -0.4 is 5.32 Å². The molecule has 2 atom stereocenters. The van der Waals surface area contributed by atoms with Gasteiger partial charge in [-0.2, -0.15) is 0 Å². The SMILES string of the molecule is CCC(NC(C)C1CCN(CC)CC1)C(C)C. The summed E-state index contributed by atoms with van der Waals surface area (Å²) < 4.78 is 0. The number of nitrogens with one attached hydrogen (secondary N) is 1. The van der Waals surface area contributed by atoms with E-state index in [1.807, 2.05) is 0 Å². The third kappa shape index (κ3) is 4.59. The molecule has 1 N–H and O–H groups in total. The molecule has 0 spiro atoms. The number of piperidine rings is 1. The summed E-state index contributed by atoms with van der Waals surface area (Å²) in [7, 11) is 0. The lowest BCUT2D eigenvalue weighted by Gasteiger charge is -2.36. The summed E-state index contributed by atoms with van der Waals surface area (Å²) in [4.78, 5) is 2.57. The van der Waals surface area contributed by atoms with Crippen molar-refractivity contribution in [3.05, 3.63) is 0 Å². The van der Waals surface area contributed by atoms with Gasteiger partial charge in [-0.25, -0.2) is 0 Å². The van der Waals surface area contributed by atoms with Gasteiger partial charge in [0.2, 0.25) is 0 Å². The summed E-state index contributed by atoms with van der Waals surface area (Å²) in [6.45, 7) is 15.4. The Bertz CT molecular complexity index is 195. The molecule has 0 aromatic carbocycles. The highest BCUT2D eigenvalue weighted by Crippen LogP contribution is 2.21. The Morgan fingerprint density at radius 2 is 1.71 bits per heavy atom. The molecule has 0 bridgehead atoms. The summed E-state index contributed by atoms with van der Waals surface area (Å²) in [5.74, 6) is 1.63. The highest BCUT2D eigenvalue weighted by Gasteiger charge is 2.25. The van der Waals surface area contributed by atoms with E-state index in [-0.39, 0.29) is 0 Å². The molecule has 17 heavy (non-hydrogen) atoms. The molecule has 0 aliphatic carbocycles. The first-order valence-electron chi connectivity index (χ1n) is 7.56. The van der Waals surface area contributed by atoms with Gasteiger partial charge < -0.3 is 10.2 Å². The minimum atomic E-state index is 0.682. The summed E-state index contributed by atoms with van der Waals surface area (Å²) in [5, 5.41) is 3.85. The molecule has 1 rings (SSSR count). The van der Waals surface area contributed by atoms with Crippen molar-refractivity contribution in [3.63, 3.8) is 0 Å². The highest BCUT2D eigenvalue weighted by atomic mass is 15.1. The first kappa shape index (κ1) is 15.0.